The zero-order valence-corrected chi connectivity index (χ0v) is 13.6. The molecule has 1 aliphatic heterocycles. The van der Waals surface area contributed by atoms with E-state index in [1.54, 1.807) is 18.6 Å². The molecule has 24 heavy (non-hydrogen) atoms. The Morgan fingerprint density at radius 2 is 2.00 bits per heavy atom. The maximum atomic E-state index is 12.8. The minimum absolute atomic E-state index is 0.146. The van der Waals surface area contributed by atoms with Gasteiger partial charge in [-0.1, -0.05) is 0 Å². The maximum Gasteiger partial charge on any atom is 0.262 e. The standard InChI is InChI=1S/C18H19N5O/c1-12-4-2-3-11-23(12)18-21-16-15(17(24)22-18)14(7-10-20-16)13-5-8-19-9-6-13/h5-10,12H,2-4,11H2,1H3,(H,20,21,22,24). The van der Waals surface area contributed by atoms with E-state index in [0.29, 0.717) is 23.0 Å². The van der Waals surface area contributed by atoms with Crippen LogP contribution in [0.3, 0.4) is 0 Å². The van der Waals surface area contributed by atoms with Gasteiger partial charge in [0.1, 0.15) is 0 Å². The highest BCUT2D eigenvalue weighted by Crippen LogP contribution is 2.26. The average Bonchev–Trinajstić information content (AvgIpc) is 2.62. The zero-order valence-electron chi connectivity index (χ0n) is 13.6. The first-order chi connectivity index (χ1) is 11.7. The second kappa shape index (κ2) is 6.03. The summed E-state index contributed by atoms with van der Waals surface area (Å²) in [6.07, 6.45) is 8.59. The summed E-state index contributed by atoms with van der Waals surface area (Å²) >= 11 is 0. The SMILES string of the molecule is CC1CCCCN1c1nc2nccc(-c3ccncc3)c2c(=O)[nH]1. The summed E-state index contributed by atoms with van der Waals surface area (Å²) in [5, 5.41) is 0.525. The minimum atomic E-state index is -0.146. The quantitative estimate of drug-likeness (QED) is 0.785. The molecule has 1 aliphatic rings. The molecule has 122 valence electrons. The van der Waals surface area contributed by atoms with Gasteiger partial charge in [-0.2, -0.15) is 4.98 Å². The molecule has 1 fully saturated rings. The van der Waals surface area contributed by atoms with Crippen molar-refractivity contribution in [2.24, 2.45) is 0 Å². The first kappa shape index (κ1) is 14.8. The molecule has 3 aromatic heterocycles. The Morgan fingerprint density at radius 3 is 2.79 bits per heavy atom. The molecule has 0 radical (unpaired) electrons. The highest BCUT2D eigenvalue weighted by molar-refractivity contribution is 5.92. The Labute approximate surface area is 139 Å². The van der Waals surface area contributed by atoms with E-state index in [2.05, 4.69) is 31.8 Å². The number of anilines is 1. The topological polar surface area (TPSA) is 74.8 Å². The van der Waals surface area contributed by atoms with Crippen molar-refractivity contribution in [3.05, 3.63) is 47.1 Å². The lowest BCUT2D eigenvalue weighted by atomic mass is 10.0. The third-order valence-electron chi connectivity index (χ3n) is 4.66. The van der Waals surface area contributed by atoms with E-state index >= 15 is 0 Å². The molecular formula is C18H19N5O. The van der Waals surface area contributed by atoms with E-state index in [1.807, 2.05) is 18.2 Å². The summed E-state index contributed by atoms with van der Waals surface area (Å²) in [7, 11) is 0. The number of hydrogen-bond acceptors (Lipinski definition) is 5. The van der Waals surface area contributed by atoms with Crippen LogP contribution in [0.5, 0.6) is 0 Å². The lowest BCUT2D eigenvalue weighted by Gasteiger charge is -2.33. The van der Waals surface area contributed by atoms with Gasteiger partial charge in [0.15, 0.2) is 5.65 Å². The van der Waals surface area contributed by atoms with Crippen LogP contribution in [0.1, 0.15) is 26.2 Å². The number of nitrogens with zero attached hydrogens (tertiary/aromatic N) is 4. The summed E-state index contributed by atoms with van der Waals surface area (Å²) in [6, 6.07) is 5.99. The number of hydrogen-bond donors (Lipinski definition) is 1. The van der Waals surface area contributed by atoms with Gasteiger partial charge in [0.05, 0.1) is 5.39 Å². The molecule has 3 aromatic rings. The second-order valence-corrected chi connectivity index (χ2v) is 6.22. The van der Waals surface area contributed by atoms with Crippen LogP contribution < -0.4 is 10.5 Å². The van der Waals surface area contributed by atoms with E-state index in [9.17, 15) is 4.79 Å². The molecule has 0 spiro atoms. The van der Waals surface area contributed by atoms with Crippen LogP contribution >= 0.6 is 0 Å². The van der Waals surface area contributed by atoms with Gasteiger partial charge < -0.3 is 4.90 Å². The largest absolute Gasteiger partial charge is 0.340 e. The average molecular weight is 321 g/mol. The fourth-order valence-corrected chi connectivity index (χ4v) is 3.37. The Balaban J connectivity index is 1.87. The summed E-state index contributed by atoms with van der Waals surface area (Å²) in [4.78, 5) is 30.9. The molecule has 0 aromatic carbocycles. The predicted molar refractivity (Wildman–Crippen MR) is 94.0 cm³/mol. The van der Waals surface area contributed by atoms with E-state index in [4.69, 9.17) is 0 Å². The molecule has 0 amide bonds. The summed E-state index contributed by atoms with van der Waals surface area (Å²) in [5.74, 6) is 0.624. The van der Waals surface area contributed by atoms with Gasteiger partial charge in [0.2, 0.25) is 5.95 Å². The number of piperidine rings is 1. The molecule has 1 saturated heterocycles. The van der Waals surface area contributed by atoms with Crippen molar-refractivity contribution >= 4 is 17.0 Å². The number of fused-ring (bicyclic) bond motifs is 1. The lowest BCUT2D eigenvalue weighted by molar-refractivity contribution is 0.477. The molecule has 4 rings (SSSR count). The molecule has 1 atom stereocenters. The fraction of sp³-hybridized carbons (Fsp3) is 0.333. The highest BCUT2D eigenvalue weighted by Gasteiger charge is 2.22. The molecule has 6 heteroatoms. The fourth-order valence-electron chi connectivity index (χ4n) is 3.37. The molecule has 1 unspecified atom stereocenters. The molecule has 1 N–H and O–H groups in total. The molecular weight excluding hydrogens is 302 g/mol. The Kier molecular flexibility index (Phi) is 3.72. The summed E-state index contributed by atoms with van der Waals surface area (Å²) in [5.41, 5.74) is 2.10. The van der Waals surface area contributed by atoms with E-state index < -0.39 is 0 Å². The number of pyridine rings is 2. The van der Waals surface area contributed by atoms with Crippen molar-refractivity contribution < 1.29 is 0 Å². The van der Waals surface area contributed by atoms with Gasteiger partial charge in [0.25, 0.3) is 5.56 Å². The number of nitrogens with one attached hydrogen (secondary N) is 1. The van der Waals surface area contributed by atoms with Gasteiger partial charge in [-0.15, -0.1) is 0 Å². The smallest absolute Gasteiger partial charge is 0.262 e. The number of rotatable bonds is 2. The van der Waals surface area contributed by atoms with Gasteiger partial charge in [-0.05, 0) is 55.5 Å². The second-order valence-electron chi connectivity index (χ2n) is 6.22. The molecule has 0 bridgehead atoms. The number of aromatic amines is 1. The molecule has 6 nitrogen and oxygen atoms in total. The normalized spacial score (nSPS) is 18.0. The predicted octanol–water partition coefficient (Wildman–Crippen LogP) is 2.76. The van der Waals surface area contributed by atoms with Gasteiger partial charge in [-0.3, -0.25) is 14.8 Å². The van der Waals surface area contributed by atoms with Crippen LogP contribution in [0.25, 0.3) is 22.2 Å². The summed E-state index contributed by atoms with van der Waals surface area (Å²) < 4.78 is 0. The maximum absolute atomic E-state index is 12.8. The van der Waals surface area contributed by atoms with Crippen LogP contribution in [0.4, 0.5) is 5.95 Å². The monoisotopic (exact) mass is 321 g/mol. The van der Waals surface area contributed by atoms with E-state index in [1.165, 1.54) is 6.42 Å². The van der Waals surface area contributed by atoms with Crippen LogP contribution in [-0.4, -0.2) is 32.5 Å². The van der Waals surface area contributed by atoms with Crippen LogP contribution in [0.15, 0.2) is 41.6 Å². The van der Waals surface area contributed by atoms with Crippen LogP contribution in [-0.2, 0) is 0 Å². The van der Waals surface area contributed by atoms with Crippen molar-refractivity contribution in [1.29, 1.82) is 0 Å². The molecule has 0 aliphatic carbocycles. The number of H-pyrrole nitrogens is 1. The third-order valence-corrected chi connectivity index (χ3v) is 4.66. The van der Waals surface area contributed by atoms with E-state index in [0.717, 1.165) is 30.5 Å². The van der Waals surface area contributed by atoms with Gasteiger partial charge >= 0.3 is 0 Å². The van der Waals surface area contributed by atoms with E-state index in [-0.39, 0.29) is 5.56 Å². The first-order valence-electron chi connectivity index (χ1n) is 8.30. The Bertz CT molecular complexity index is 922. The zero-order chi connectivity index (χ0) is 16.5. The number of aromatic nitrogens is 4. The van der Waals surface area contributed by atoms with Crippen LogP contribution in [0.2, 0.25) is 0 Å². The Hall–Kier alpha value is -2.76. The van der Waals surface area contributed by atoms with Crippen molar-refractivity contribution in [2.75, 3.05) is 11.4 Å². The Morgan fingerprint density at radius 1 is 1.17 bits per heavy atom. The highest BCUT2D eigenvalue weighted by atomic mass is 16.1. The third kappa shape index (κ3) is 2.54. The lowest BCUT2D eigenvalue weighted by Crippen LogP contribution is -2.39. The van der Waals surface area contributed by atoms with Gasteiger partial charge in [0, 0.05) is 31.2 Å². The molecule has 0 saturated carbocycles. The summed E-state index contributed by atoms with van der Waals surface area (Å²) in [6.45, 7) is 3.09. The van der Waals surface area contributed by atoms with Crippen molar-refractivity contribution in [1.82, 2.24) is 19.9 Å². The van der Waals surface area contributed by atoms with Crippen molar-refractivity contribution in [3.63, 3.8) is 0 Å². The van der Waals surface area contributed by atoms with Crippen LogP contribution in [0, 0.1) is 0 Å². The molecule has 4 heterocycles. The van der Waals surface area contributed by atoms with Crippen molar-refractivity contribution in [2.45, 2.75) is 32.2 Å². The first-order valence-corrected chi connectivity index (χ1v) is 8.30. The van der Waals surface area contributed by atoms with Gasteiger partial charge in [-0.25, -0.2) is 4.98 Å². The minimum Gasteiger partial charge on any atom is -0.340 e. The van der Waals surface area contributed by atoms with Crippen molar-refractivity contribution in [3.8, 4) is 11.1 Å².